The van der Waals surface area contributed by atoms with E-state index in [4.69, 9.17) is 0 Å². The van der Waals surface area contributed by atoms with Gasteiger partial charge in [0.2, 0.25) is 0 Å². The van der Waals surface area contributed by atoms with Gasteiger partial charge in [-0.1, -0.05) is 19.8 Å². The van der Waals surface area contributed by atoms with Crippen molar-refractivity contribution >= 4 is 5.97 Å². The molecule has 0 saturated heterocycles. The summed E-state index contributed by atoms with van der Waals surface area (Å²) < 4.78 is 0. The van der Waals surface area contributed by atoms with Gasteiger partial charge in [-0.2, -0.15) is 0 Å². The molecule has 0 aromatic heterocycles. The molecule has 0 radical (unpaired) electrons. The zero-order valence-corrected chi connectivity index (χ0v) is 7.51. The van der Waals surface area contributed by atoms with Crippen molar-refractivity contribution in [3.8, 4) is 0 Å². The predicted octanol–water partition coefficient (Wildman–Crippen LogP) is 0.953. The Labute approximate surface area is 73.0 Å². The minimum Gasteiger partial charge on any atom is -0.550 e. The SMILES string of the molecule is CC1CCC2(CC1)CC2C(=O)[O-]. The second kappa shape index (κ2) is 2.48. The molecule has 68 valence electrons. The van der Waals surface area contributed by atoms with Crippen LogP contribution in [0.1, 0.15) is 39.0 Å². The first-order chi connectivity index (χ1) is 5.64. The molecule has 2 heteroatoms. The van der Waals surface area contributed by atoms with Crippen LogP contribution < -0.4 is 5.11 Å². The second-order valence-electron chi connectivity index (χ2n) is 4.62. The molecule has 1 atom stereocenters. The molecule has 1 unspecified atom stereocenters. The molecule has 2 nitrogen and oxygen atoms in total. The van der Waals surface area contributed by atoms with Gasteiger partial charge in [-0.15, -0.1) is 0 Å². The summed E-state index contributed by atoms with van der Waals surface area (Å²) in [5, 5.41) is 10.6. The molecule has 2 saturated carbocycles. The molecule has 0 amide bonds. The van der Waals surface area contributed by atoms with Gasteiger partial charge in [0.15, 0.2) is 0 Å². The molecule has 12 heavy (non-hydrogen) atoms. The number of hydrogen-bond acceptors (Lipinski definition) is 2. The number of carboxylic acid groups (broad SMARTS) is 1. The fourth-order valence-corrected chi connectivity index (χ4v) is 2.57. The Morgan fingerprint density at radius 3 is 2.42 bits per heavy atom. The van der Waals surface area contributed by atoms with Gasteiger partial charge in [-0.05, 0) is 30.6 Å². The Kier molecular flexibility index (Phi) is 1.67. The third-order valence-corrected chi connectivity index (χ3v) is 3.74. The van der Waals surface area contributed by atoms with Crippen LogP contribution in [-0.2, 0) is 4.79 Å². The number of aliphatic carboxylic acids is 1. The molecule has 0 bridgehead atoms. The zero-order valence-electron chi connectivity index (χ0n) is 7.51. The molecule has 2 aliphatic rings. The summed E-state index contributed by atoms with van der Waals surface area (Å²) >= 11 is 0. The Morgan fingerprint density at radius 2 is 2.00 bits per heavy atom. The van der Waals surface area contributed by atoms with Crippen LogP contribution in [0.2, 0.25) is 0 Å². The first-order valence-corrected chi connectivity index (χ1v) is 4.85. The molecular weight excluding hydrogens is 152 g/mol. The molecule has 1 spiro atoms. The third-order valence-electron chi connectivity index (χ3n) is 3.74. The number of carboxylic acids is 1. The van der Waals surface area contributed by atoms with Crippen molar-refractivity contribution in [3.63, 3.8) is 0 Å². The molecule has 2 fully saturated rings. The van der Waals surface area contributed by atoms with Gasteiger partial charge in [0.25, 0.3) is 0 Å². The minimum absolute atomic E-state index is 0.106. The average molecular weight is 167 g/mol. The van der Waals surface area contributed by atoms with Crippen LogP contribution in [0, 0.1) is 17.3 Å². The van der Waals surface area contributed by atoms with Gasteiger partial charge in [-0.3, -0.25) is 0 Å². The molecule has 2 aliphatic carbocycles. The minimum atomic E-state index is -0.815. The Bertz CT molecular complexity index is 202. The maximum absolute atomic E-state index is 10.6. The number of carbonyl (C=O) groups excluding carboxylic acids is 1. The lowest BCUT2D eigenvalue weighted by Gasteiger charge is -2.27. The standard InChI is InChI=1S/C10H16O2/c1-7-2-4-10(5-3-7)6-8(10)9(11)12/h7-8H,2-6H2,1H3,(H,11,12)/p-1. The smallest absolute Gasteiger partial charge is 0.0451 e. The van der Waals surface area contributed by atoms with E-state index >= 15 is 0 Å². The molecular formula is C10H15O2-. The van der Waals surface area contributed by atoms with Crippen molar-refractivity contribution in [1.82, 2.24) is 0 Å². The highest BCUT2D eigenvalue weighted by atomic mass is 16.4. The van der Waals surface area contributed by atoms with E-state index in [0.717, 1.165) is 25.2 Å². The van der Waals surface area contributed by atoms with E-state index in [2.05, 4.69) is 6.92 Å². The quantitative estimate of drug-likeness (QED) is 0.583. The highest BCUT2D eigenvalue weighted by Gasteiger charge is 2.54. The van der Waals surface area contributed by atoms with Crippen molar-refractivity contribution < 1.29 is 9.90 Å². The lowest BCUT2D eigenvalue weighted by Crippen LogP contribution is -2.28. The largest absolute Gasteiger partial charge is 0.550 e. The van der Waals surface area contributed by atoms with Crippen molar-refractivity contribution in [2.45, 2.75) is 39.0 Å². The fraction of sp³-hybridized carbons (Fsp3) is 0.900. The highest BCUT2D eigenvalue weighted by molar-refractivity contribution is 5.72. The highest BCUT2D eigenvalue weighted by Crippen LogP contribution is 2.61. The Morgan fingerprint density at radius 1 is 1.42 bits per heavy atom. The van der Waals surface area contributed by atoms with E-state index in [0.29, 0.717) is 0 Å². The first-order valence-electron chi connectivity index (χ1n) is 4.85. The van der Waals surface area contributed by atoms with Gasteiger partial charge in [0.05, 0.1) is 0 Å². The summed E-state index contributed by atoms with van der Waals surface area (Å²) in [6.45, 7) is 2.25. The van der Waals surface area contributed by atoms with Crippen LogP contribution in [-0.4, -0.2) is 5.97 Å². The number of carbonyl (C=O) groups is 1. The van der Waals surface area contributed by atoms with E-state index in [1.807, 2.05) is 0 Å². The van der Waals surface area contributed by atoms with Gasteiger partial charge < -0.3 is 9.90 Å². The average Bonchev–Trinajstić information content (AvgIpc) is 2.72. The molecule has 0 N–H and O–H groups in total. The van der Waals surface area contributed by atoms with Crippen molar-refractivity contribution in [3.05, 3.63) is 0 Å². The summed E-state index contributed by atoms with van der Waals surface area (Å²) in [6, 6.07) is 0. The molecule has 0 aliphatic heterocycles. The van der Waals surface area contributed by atoms with E-state index in [9.17, 15) is 9.90 Å². The van der Waals surface area contributed by atoms with Gasteiger partial charge >= 0.3 is 0 Å². The second-order valence-corrected chi connectivity index (χ2v) is 4.62. The lowest BCUT2D eigenvalue weighted by atomic mass is 9.79. The van der Waals surface area contributed by atoms with E-state index in [-0.39, 0.29) is 11.3 Å². The van der Waals surface area contributed by atoms with Crippen LogP contribution in [0.15, 0.2) is 0 Å². The first kappa shape index (κ1) is 8.09. The van der Waals surface area contributed by atoms with Gasteiger partial charge in [0.1, 0.15) is 0 Å². The lowest BCUT2D eigenvalue weighted by molar-refractivity contribution is -0.309. The molecule has 0 aromatic rings. The monoisotopic (exact) mass is 167 g/mol. The van der Waals surface area contributed by atoms with Gasteiger partial charge in [0, 0.05) is 11.9 Å². The van der Waals surface area contributed by atoms with E-state index < -0.39 is 5.97 Å². The summed E-state index contributed by atoms with van der Waals surface area (Å²) in [7, 11) is 0. The van der Waals surface area contributed by atoms with Crippen LogP contribution >= 0.6 is 0 Å². The van der Waals surface area contributed by atoms with Crippen LogP contribution in [0.3, 0.4) is 0 Å². The third kappa shape index (κ3) is 1.13. The van der Waals surface area contributed by atoms with Crippen LogP contribution in [0.4, 0.5) is 0 Å². The molecule has 0 aromatic carbocycles. The summed E-state index contributed by atoms with van der Waals surface area (Å²) in [5.74, 6) is -0.117. The summed E-state index contributed by atoms with van der Waals surface area (Å²) in [6.07, 6.45) is 5.55. The molecule has 0 heterocycles. The van der Waals surface area contributed by atoms with Crippen LogP contribution in [0.5, 0.6) is 0 Å². The Hall–Kier alpha value is -0.530. The van der Waals surface area contributed by atoms with Crippen molar-refractivity contribution in [1.29, 1.82) is 0 Å². The van der Waals surface area contributed by atoms with Crippen molar-refractivity contribution in [2.75, 3.05) is 0 Å². The predicted molar refractivity (Wildman–Crippen MR) is 43.2 cm³/mol. The fourth-order valence-electron chi connectivity index (χ4n) is 2.57. The van der Waals surface area contributed by atoms with Crippen molar-refractivity contribution in [2.24, 2.45) is 17.3 Å². The maximum Gasteiger partial charge on any atom is 0.0451 e. The maximum atomic E-state index is 10.6. The van der Waals surface area contributed by atoms with E-state index in [1.54, 1.807) is 0 Å². The summed E-state index contributed by atoms with van der Waals surface area (Å²) in [4.78, 5) is 10.6. The number of hydrogen-bond donors (Lipinski definition) is 0. The number of rotatable bonds is 1. The molecule has 2 rings (SSSR count). The summed E-state index contributed by atoms with van der Waals surface area (Å²) in [5.41, 5.74) is 0.186. The van der Waals surface area contributed by atoms with Gasteiger partial charge in [-0.25, -0.2) is 0 Å². The topological polar surface area (TPSA) is 40.1 Å². The zero-order chi connectivity index (χ0) is 8.77. The normalized spacial score (nSPS) is 46.1. The van der Waals surface area contributed by atoms with Crippen LogP contribution in [0.25, 0.3) is 0 Å². The Balaban J connectivity index is 1.95. The van der Waals surface area contributed by atoms with E-state index in [1.165, 1.54) is 12.8 Å².